The van der Waals surface area contributed by atoms with Crippen molar-refractivity contribution in [1.29, 1.82) is 0 Å². The monoisotopic (exact) mass is 285 g/mol. The molecule has 0 aromatic rings. The van der Waals surface area contributed by atoms with E-state index in [9.17, 15) is 0 Å². The molecule has 0 radical (unpaired) electrons. The molecule has 0 aromatic heterocycles. The molecule has 0 bridgehead atoms. The molecule has 0 aromatic carbocycles. The number of hydrogen-bond donors (Lipinski definition) is 0. The van der Waals surface area contributed by atoms with E-state index in [2.05, 4.69) is 25.9 Å². The lowest BCUT2D eigenvalue weighted by Crippen LogP contribution is -2.51. The van der Waals surface area contributed by atoms with Gasteiger partial charge in [0.1, 0.15) is 6.34 Å². The normalized spacial score (nSPS) is 21.3. The highest BCUT2D eigenvalue weighted by molar-refractivity contribution is 6.68. The van der Waals surface area contributed by atoms with Crippen LogP contribution < -0.4 is 0 Å². The average Bonchev–Trinajstić information content (AvgIpc) is 2.57. The maximum atomic E-state index is 6.02. The SMILES string of the molecule is CCCCN1N=CN(C(C)C)C1C(Cl)(Cl)Cl. The van der Waals surface area contributed by atoms with Crippen LogP contribution in [0.4, 0.5) is 0 Å². The van der Waals surface area contributed by atoms with Gasteiger partial charge in [0, 0.05) is 12.6 Å². The number of unbranched alkanes of at least 4 members (excludes halogenated alkanes) is 1. The molecule has 0 fully saturated rings. The minimum Gasteiger partial charge on any atom is -0.333 e. The lowest BCUT2D eigenvalue weighted by Gasteiger charge is -2.37. The second kappa shape index (κ2) is 5.65. The van der Waals surface area contributed by atoms with Gasteiger partial charge in [-0.05, 0) is 20.3 Å². The van der Waals surface area contributed by atoms with Crippen LogP contribution >= 0.6 is 34.8 Å². The van der Waals surface area contributed by atoms with E-state index in [4.69, 9.17) is 34.8 Å². The Labute approximate surface area is 112 Å². The van der Waals surface area contributed by atoms with Gasteiger partial charge in [0.05, 0.1) is 0 Å². The van der Waals surface area contributed by atoms with Gasteiger partial charge < -0.3 is 4.90 Å². The van der Waals surface area contributed by atoms with Gasteiger partial charge in [-0.15, -0.1) is 0 Å². The number of alkyl halides is 3. The zero-order chi connectivity index (χ0) is 12.3. The van der Waals surface area contributed by atoms with Crippen LogP contribution in [0.25, 0.3) is 0 Å². The third-order valence-corrected chi connectivity index (χ3v) is 3.11. The zero-order valence-corrected chi connectivity index (χ0v) is 12.1. The average molecular weight is 287 g/mol. The first-order valence-electron chi connectivity index (χ1n) is 5.52. The molecule has 1 unspecified atom stereocenters. The lowest BCUT2D eigenvalue weighted by atomic mass is 10.3. The molecular formula is C10H18Cl3N3. The number of halogens is 3. The number of rotatable bonds is 4. The molecule has 1 rings (SSSR count). The molecule has 0 N–H and O–H groups in total. The van der Waals surface area contributed by atoms with Gasteiger partial charge in [0.25, 0.3) is 0 Å². The summed E-state index contributed by atoms with van der Waals surface area (Å²) in [4.78, 5) is 1.97. The molecule has 6 heteroatoms. The van der Waals surface area contributed by atoms with Gasteiger partial charge in [-0.25, -0.2) is 0 Å². The van der Waals surface area contributed by atoms with Crippen LogP contribution in [0.2, 0.25) is 0 Å². The third kappa shape index (κ3) is 3.31. The number of hydrazone groups is 1. The molecule has 1 aliphatic heterocycles. The van der Waals surface area contributed by atoms with Crippen molar-refractivity contribution in [1.82, 2.24) is 9.91 Å². The number of nitrogens with zero attached hydrogens (tertiary/aromatic N) is 3. The predicted octanol–water partition coefficient (Wildman–Crippen LogP) is 3.45. The summed E-state index contributed by atoms with van der Waals surface area (Å²) >= 11 is 18.1. The highest BCUT2D eigenvalue weighted by Gasteiger charge is 2.44. The smallest absolute Gasteiger partial charge is 0.230 e. The molecule has 0 spiro atoms. The fraction of sp³-hybridized carbons (Fsp3) is 0.900. The van der Waals surface area contributed by atoms with Gasteiger partial charge in [-0.2, -0.15) is 5.10 Å². The van der Waals surface area contributed by atoms with Crippen molar-refractivity contribution in [3.63, 3.8) is 0 Å². The standard InChI is InChI=1S/C10H18Cl3N3/c1-4-5-6-16-9(10(11,12)13)15(7-14-16)8(2)3/h7-9H,4-6H2,1-3H3. The van der Waals surface area contributed by atoms with E-state index in [0.717, 1.165) is 19.4 Å². The van der Waals surface area contributed by atoms with Gasteiger partial charge in [-0.1, -0.05) is 48.1 Å². The fourth-order valence-corrected chi connectivity index (χ4v) is 2.34. The van der Waals surface area contributed by atoms with Crippen LogP contribution in [0.5, 0.6) is 0 Å². The largest absolute Gasteiger partial charge is 0.333 e. The van der Waals surface area contributed by atoms with Crippen LogP contribution in [0.1, 0.15) is 33.6 Å². The Morgan fingerprint density at radius 1 is 1.38 bits per heavy atom. The minimum atomic E-state index is -1.35. The quantitative estimate of drug-likeness (QED) is 0.737. The minimum absolute atomic E-state index is 0.260. The van der Waals surface area contributed by atoms with E-state index < -0.39 is 3.79 Å². The van der Waals surface area contributed by atoms with Crippen molar-refractivity contribution in [2.45, 2.75) is 49.6 Å². The van der Waals surface area contributed by atoms with Crippen LogP contribution in [0, 0.1) is 0 Å². The summed E-state index contributed by atoms with van der Waals surface area (Å²) in [6.45, 7) is 7.05. The highest BCUT2D eigenvalue weighted by atomic mass is 35.6. The van der Waals surface area contributed by atoms with Crippen LogP contribution in [-0.2, 0) is 0 Å². The maximum absolute atomic E-state index is 6.02. The Balaban J connectivity index is 2.76. The lowest BCUT2D eigenvalue weighted by molar-refractivity contribution is 0.114. The van der Waals surface area contributed by atoms with Crippen molar-refractivity contribution >= 4 is 41.1 Å². The first kappa shape index (κ1) is 14.2. The van der Waals surface area contributed by atoms with Crippen LogP contribution in [0.3, 0.4) is 0 Å². The van der Waals surface area contributed by atoms with Crippen LogP contribution in [-0.4, -0.2) is 38.8 Å². The van der Waals surface area contributed by atoms with E-state index in [1.54, 1.807) is 6.34 Å². The molecular weight excluding hydrogens is 268 g/mol. The van der Waals surface area contributed by atoms with E-state index >= 15 is 0 Å². The second-order valence-electron chi connectivity index (χ2n) is 4.20. The Bertz CT molecular complexity index is 250. The van der Waals surface area contributed by atoms with Gasteiger partial charge >= 0.3 is 0 Å². The van der Waals surface area contributed by atoms with E-state index in [1.165, 1.54) is 0 Å². The molecule has 0 saturated heterocycles. The van der Waals surface area contributed by atoms with Gasteiger partial charge in [-0.3, -0.25) is 5.01 Å². The summed E-state index contributed by atoms with van der Waals surface area (Å²) < 4.78 is -1.35. The topological polar surface area (TPSA) is 18.8 Å². The second-order valence-corrected chi connectivity index (χ2v) is 6.57. The summed E-state index contributed by atoms with van der Waals surface area (Å²) in [6, 6.07) is 0.260. The van der Waals surface area contributed by atoms with Crippen molar-refractivity contribution in [3.05, 3.63) is 0 Å². The summed E-state index contributed by atoms with van der Waals surface area (Å²) in [6.07, 6.45) is 3.59. The van der Waals surface area contributed by atoms with E-state index in [0.29, 0.717) is 0 Å². The summed E-state index contributed by atoms with van der Waals surface area (Å²) in [5.41, 5.74) is 0. The van der Waals surface area contributed by atoms with Crippen molar-refractivity contribution < 1.29 is 0 Å². The van der Waals surface area contributed by atoms with Gasteiger partial charge in [0.2, 0.25) is 3.79 Å². The molecule has 94 valence electrons. The van der Waals surface area contributed by atoms with Crippen LogP contribution in [0.15, 0.2) is 5.10 Å². The Kier molecular flexibility index (Phi) is 5.02. The first-order valence-corrected chi connectivity index (χ1v) is 6.66. The summed E-state index contributed by atoms with van der Waals surface area (Å²) in [7, 11) is 0. The Morgan fingerprint density at radius 3 is 2.44 bits per heavy atom. The zero-order valence-electron chi connectivity index (χ0n) is 9.83. The predicted molar refractivity (Wildman–Crippen MR) is 71.2 cm³/mol. The third-order valence-electron chi connectivity index (χ3n) is 2.53. The molecule has 0 aliphatic carbocycles. The van der Waals surface area contributed by atoms with Gasteiger partial charge in [0.15, 0.2) is 6.17 Å². The molecule has 1 heterocycles. The summed E-state index contributed by atoms with van der Waals surface area (Å²) in [5, 5.41) is 6.16. The fourth-order valence-electron chi connectivity index (χ4n) is 1.66. The van der Waals surface area contributed by atoms with Crippen molar-refractivity contribution in [2.24, 2.45) is 5.10 Å². The van der Waals surface area contributed by atoms with Crippen molar-refractivity contribution in [2.75, 3.05) is 6.54 Å². The Morgan fingerprint density at radius 2 is 2.00 bits per heavy atom. The molecule has 0 saturated carbocycles. The Hall–Kier alpha value is 0.140. The molecule has 0 amide bonds. The highest BCUT2D eigenvalue weighted by Crippen LogP contribution is 2.38. The van der Waals surface area contributed by atoms with Crippen molar-refractivity contribution in [3.8, 4) is 0 Å². The maximum Gasteiger partial charge on any atom is 0.230 e. The number of hydrogen-bond acceptors (Lipinski definition) is 3. The first-order chi connectivity index (χ1) is 7.38. The van der Waals surface area contributed by atoms with E-state index in [1.807, 2.05) is 9.91 Å². The molecule has 3 nitrogen and oxygen atoms in total. The summed E-state index contributed by atoms with van der Waals surface area (Å²) in [5.74, 6) is 0. The molecule has 1 aliphatic rings. The molecule has 1 atom stereocenters. The molecule has 16 heavy (non-hydrogen) atoms. The van der Waals surface area contributed by atoms with E-state index in [-0.39, 0.29) is 12.2 Å².